The van der Waals surface area contributed by atoms with Gasteiger partial charge >= 0.3 is 0 Å². The van der Waals surface area contributed by atoms with Crippen molar-refractivity contribution in [2.75, 3.05) is 19.5 Å². The molecule has 7 heteroatoms. The van der Waals surface area contributed by atoms with E-state index >= 15 is 0 Å². The van der Waals surface area contributed by atoms with E-state index in [2.05, 4.69) is 6.58 Å². The van der Waals surface area contributed by atoms with Crippen molar-refractivity contribution in [1.82, 2.24) is 0 Å². The molecule has 2 rings (SSSR count). The molecule has 1 fully saturated rings. The molecule has 3 unspecified atom stereocenters. The molecular weight excluding hydrogens is 344 g/mol. The monoisotopic (exact) mass is 370 g/mol. The van der Waals surface area contributed by atoms with Crippen molar-refractivity contribution in [1.29, 1.82) is 0 Å². The lowest BCUT2D eigenvalue weighted by Crippen LogP contribution is -2.36. The maximum atomic E-state index is 12.8. The highest BCUT2D eigenvalue weighted by atomic mass is 32.2. The molecule has 0 aromatic heterocycles. The molecule has 0 spiro atoms. The van der Waals surface area contributed by atoms with Crippen LogP contribution in [0.5, 0.6) is 0 Å². The summed E-state index contributed by atoms with van der Waals surface area (Å²) < 4.78 is 37.0. The Morgan fingerprint density at radius 3 is 2.56 bits per heavy atom. The summed E-state index contributed by atoms with van der Waals surface area (Å²) >= 11 is 0. The SMILES string of the molecule is C=CCC1OC(C[C@H](O)CO)[C@H](OC)C1CS(=O)(=O)c1ccccc1. The van der Waals surface area contributed by atoms with Gasteiger partial charge in [0, 0.05) is 19.4 Å². The van der Waals surface area contributed by atoms with Gasteiger partial charge in [-0.3, -0.25) is 0 Å². The number of aliphatic hydroxyl groups is 2. The Bertz CT molecular complexity index is 645. The summed E-state index contributed by atoms with van der Waals surface area (Å²) in [6.07, 6.45) is 0.0983. The lowest BCUT2D eigenvalue weighted by molar-refractivity contribution is -0.0394. The summed E-state index contributed by atoms with van der Waals surface area (Å²) in [4.78, 5) is 0.265. The molecular formula is C18H26O6S. The zero-order valence-corrected chi connectivity index (χ0v) is 15.1. The molecule has 0 saturated carbocycles. The summed E-state index contributed by atoms with van der Waals surface area (Å²) in [5.74, 6) is -0.496. The van der Waals surface area contributed by atoms with Gasteiger partial charge in [0.05, 0.1) is 41.7 Å². The van der Waals surface area contributed by atoms with Crippen LogP contribution in [0.3, 0.4) is 0 Å². The Kier molecular flexibility index (Phi) is 7.15. The smallest absolute Gasteiger partial charge is 0.178 e. The van der Waals surface area contributed by atoms with Crippen LogP contribution in [-0.4, -0.2) is 62.5 Å². The topological polar surface area (TPSA) is 93.1 Å². The van der Waals surface area contributed by atoms with Crippen molar-refractivity contribution in [3.63, 3.8) is 0 Å². The minimum atomic E-state index is -3.50. The molecule has 1 aromatic carbocycles. The molecule has 0 radical (unpaired) electrons. The number of rotatable bonds is 9. The van der Waals surface area contributed by atoms with Crippen molar-refractivity contribution in [3.8, 4) is 0 Å². The third kappa shape index (κ3) is 4.89. The maximum Gasteiger partial charge on any atom is 0.178 e. The first kappa shape index (κ1) is 20.1. The Morgan fingerprint density at radius 2 is 2.00 bits per heavy atom. The highest BCUT2D eigenvalue weighted by Crippen LogP contribution is 2.35. The van der Waals surface area contributed by atoms with Gasteiger partial charge < -0.3 is 19.7 Å². The van der Waals surface area contributed by atoms with Crippen molar-refractivity contribution < 1.29 is 28.1 Å². The first-order valence-corrected chi connectivity index (χ1v) is 9.94. The van der Waals surface area contributed by atoms with Crippen LogP contribution in [0.15, 0.2) is 47.9 Å². The molecule has 2 N–H and O–H groups in total. The number of sulfone groups is 1. The fourth-order valence-electron chi connectivity index (χ4n) is 3.32. The van der Waals surface area contributed by atoms with E-state index in [1.54, 1.807) is 36.4 Å². The lowest BCUT2D eigenvalue weighted by atomic mass is 9.94. The van der Waals surface area contributed by atoms with E-state index in [-0.39, 0.29) is 35.7 Å². The van der Waals surface area contributed by atoms with Crippen LogP contribution in [0.2, 0.25) is 0 Å². The van der Waals surface area contributed by atoms with Crippen LogP contribution >= 0.6 is 0 Å². The second kappa shape index (κ2) is 8.91. The second-order valence-corrected chi connectivity index (χ2v) is 8.30. The van der Waals surface area contributed by atoms with Crippen LogP contribution in [0.4, 0.5) is 0 Å². The van der Waals surface area contributed by atoms with E-state index in [4.69, 9.17) is 14.6 Å². The summed E-state index contributed by atoms with van der Waals surface area (Å²) in [5, 5.41) is 18.8. The highest BCUT2D eigenvalue weighted by molar-refractivity contribution is 7.91. The fraction of sp³-hybridized carbons (Fsp3) is 0.556. The van der Waals surface area contributed by atoms with E-state index in [1.807, 2.05) is 0 Å². The van der Waals surface area contributed by atoms with Crippen LogP contribution in [0.1, 0.15) is 12.8 Å². The average Bonchev–Trinajstić information content (AvgIpc) is 2.91. The van der Waals surface area contributed by atoms with Gasteiger partial charge in [0.25, 0.3) is 0 Å². The van der Waals surface area contributed by atoms with E-state index in [9.17, 15) is 13.5 Å². The van der Waals surface area contributed by atoms with Crippen LogP contribution in [-0.2, 0) is 19.3 Å². The second-order valence-electron chi connectivity index (χ2n) is 6.27. The summed E-state index contributed by atoms with van der Waals surface area (Å²) in [7, 11) is -2.00. The molecule has 1 aliphatic rings. The van der Waals surface area contributed by atoms with E-state index < -0.39 is 28.1 Å². The Labute approximate surface area is 149 Å². The van der Waals surface area contributed by atoms with Gasteiger partial charge in [-0.15, -0.1) is 6.58 Å². The number of hydrogen-bond donors (Lipinski definition) is 2. The number of ether oxygens (including phenoxy) is 2. The van der Waals surface area contributed by atoms with Gasteiger partial charge in [-0.25, -0.2) is 8.42 Å². The highest BCUT2D eigenvalue weighted by Gasteiger charge is 2.46. The Morgan fingerprint density at radius 1 is 1.32 bits per heavy atom. The van der Waals surface area contributed by atoms with E-state index in [0.717, 1.165) is 0 Å². The van der Waals surface area contributed by atoms with E-state index in [0.29, 0.717) is 6.42 Å². The largest absolute Gasteiger partial charge is 0.394 e. The molecule has 1 saturated heterocycles. The maximum absolute atomic E-state index is 12.8. The number of benzene rings is 1. The molecule has 1 heterocycles. The van der Waals surface area contributed by atoms with Gasteiger partial charge in [-0.2, -0.15) is 0 Å². The lowest BCUT2D eigenvalue weighted by Gasteiger charge is -2.23. The molecule has 5 atom stereocenters. The third-order valence-electron chi connectivity index (χ3n) is 4.52. The molecule has 0 bridgehead atoms. The van der Waals surface area contributed by atoms with Gasteiger partial charge in [0.2, 0.25) is 0 Å². The summed E-state index contributed by atoms with van der Waals surface area (Å²) in [6, 6.07) is 8.29. The Hall–Kier alpha value is -1.25. The number of aliphatic hydroxyl groups excluding tert-OH is 2. The molecule has 1 aliphatic heterocycles. The van der Waals surface area contributed by atoms with Crippen molar-refractivity contribution in [2.45, 2.75) is 42.2 Å². The molecule has 0 amide bonds. The average molecular weight is 370 g/mol. The molecule has 140 valence electrons. The quantitative estimate of drug-likeness (QED) is 0.634. The molecule has 1 aromatic rings. The Balaban J connectivity index is 2.23. The van der Waals surface area contributed by atoms with E-state index in [1.165, 1.54) is 7.11 Å². The normalized spacial score (nSPS) is 28.0. The summed E-state index contributed by atoms with van der Waals surface area (Å²) in [6.45, 7) is 3.33. The van der Waals surface area contributed by atoms with Gasteiger partial charge in [0.15, 0.2) is 9.84 Å². The zero-order valence-electron chi connectivity index (χ0n) is 14.3. The van der Waals surface area contributed by atoms with Crippen molar-refractivity contribution in [3.05, 3.63) is 43.0 Å². The van der Waals surface area contributed by atoms with Crippen LogP contribution < -0.4 is 0 Å². The van der Waals surface area contributed by atoms with Crippen LogP contribution in [0, 0.1) is 5.92 Å². The number of methoxy groups -OCH3 is 1. The van der Waals surface area contributed by atoms with Gasteiger partial charge in [-0.05, 0) is 18.6 Å². The zero-order chi connectivity index (χ0) is 18.4. The number of hydrogen-bond acceptors (Lipinski definition) is 6. The predicted molar refractivity (Wildman–Crippen MR) is 94.0 cm³/mol. The third-order valence-corrected chi connectivity index (χ3v) is 6.33. The molecule has 0 aliphatic carbocycles. The molecule has 6 nitrogen and oxygen atoms in total. The standard InChI is InChI=1S/C18H26O6S/c1-3-7-16-15(12-25(21,22)14-8-5-4-6-9-14)18(23-2)17(24-16)10-13(20)11-19/h3-6,8-9,13,15-20H,1,7,10-12H2,2H3/t13-,15?,16?,17?,18+/m0/s1. The van der Waals surface area contributed by atoms with Gasteiger partial charge in [0.1, 0.15) is 0 Å². The van der Waals surface area contributed by atoms with Crippen molar-refractivity contribution >= 4 is 9.84 Å². The first-order valence-electron chi connectivity index (χ1n) is 8.28. The van der Waals surface area contributed by atoms with Crippen LogP contribution in [0.25, 0.3) is 0 Å². The first-order chi connectivity index (χ1) is 11.9. The minimum Gasteiger partial charge on any atom is -0.394 e. The van der Waals surface area contributed by atoms with Crippen molar-refractivity contribution in [2.24, 2.45) is 5.92 Å². The fourth-order valence-corrected chi connectivity index (χ4v) is 5.00. The summed E-state index contributed by atoms with van der Waals surface area (Å²) in [5.41, 5.74) is 0. The predicted octanol–water partition coefficient (Wildman–Crippen LogP) is 1.18. The molecule has 25 heavy (non-hydrogen) atoms. The van der Waals surface area contributed by atoms with Gasteiger partial charge in [-0.1, -0.05) is 24.3 Å². The minimum absolute atomic E-state index is 0.111.